The molecule has 1 saturated heterocycles. The van der Waals surface area contributed by atoms with Gasteiger partial charge in [0.25, 0.3) is 5.91 Å². The topological polar surface area (TPSA) is 62.4 Å². The molecule has 1 aliphatic rings. The van der Waals surface area contributed by atoms with Gasteiger partial charge in [-0.2, -0.15) is 0 Å². The maximum absolute atomic E-state index is 13.8. The van der Waals surface area contributed by atoms with Gasteiger partial charge in [-0.25, -0.2) is 8.78 Å². The lowest BCUT2D eigenvalue weighted by Crippen LogP contribution is -2.35. The fourth-order valence-electron chi connectivity index (χ4n) is 3.30. The largest absolute Gasteiger partial charge is 0.378 e. The fraction of sp³-hybridized carbons (Fsp3) is 0.474. The second-order valence-corrected chi connectivity index (χ2v) is 6.56. The summed E-state index contributed by atoms with van der Waals surface area (Å²) in [4.78, 5) is 29.6. The van der Waals surface area contributed by atoms with E-state index in [4.69, 9.17) is 4.74 Å². The van der Waals surface area contributed by atoms with Crippen LogP contribution in [-0.2, 0) is 4.74 Å². The summed E-state index contributed by atoms with van der Waals surface area (Å²) in [5.74, 6) is -2.13. The number of hydrogen-bond donors (Lipinski definition) is 1. The molecule has 0 aliphatic carbocycles. The van der Waals surface area contributed by atoms with Gasteiger partial charge in [0.2, 0.25) is 5.43 Å². The molecule has 0 bridgehead atoms. The molecule has 1 unspecified atom stereocenters. The molecule has 26 heavy (non-hydrogen) atoms. The molecule has 1 N–H and O–H groups in total. The van der Waals surface area contributed by atoms with Crippen molar-refractivity contribution in [1.82, 2.24) is 9.88 Å². The fourth-order valence-corrected chi connectivity index (χ4v) is 3.30. The number of carbonyl (C=O) groups is 1. The molecule has 1 aliphatic heterocycles. The van der Waals surface area contributed by atoms with Crippen molar-refractivity contribution in [3.8, 4) is 0 Å². The zero-order chi connectivity index (χ0) is 18.7. The van der Waals surface area contributed by atoms with Crippen molar-refractivity contribution in [3.63, 3.8) is 0 Å². The van der Waals surface area contributed by atoms with Crippen LogP contribution in [0.25, 0.3) is 10.9 Å². The van der Waals surface area contributed by atoms with Gasteiger partial charge in [-0.3, -0.25) is 9.59 Å². The Morgan fingerprint density at radius 1 is 1.31 bits per heavy atom. The summed E-state index contributed by atoms with van der Waals surface area (Å²) in [6, 6.07) is 1.65. The van der Waals surface area contributed by atoms with Crippen LogP contribution in [0.4, 0.5) is 8.78 Å². The molecular weight excluding hydrogens is 342 g/mol. The Bertz CT molecular complexity index is 866. The minimum Gasteiger partial charge on any atom is -0.378 e. The highest BCUT2D eigenvalue weighted by Crippen LogP contribution is 2.18. The molecule has 5 nitrogen and oxygen atoms in total. The average Bonchev–Trinajstić information content (AvgIpc) is 2.86. The quantitative estimate of drug-likeness (QED) is 0.906. The van der Waals surface area contributed by atoms with Crippen molar-refractivity contribution < 1.29 is 18.3 Å². The Hall–Kier alpha value is -2.28. The Balaban J connectivity index is 1.84. The normalized spacial score (nSPS) is 18.1. The molecule has 1 fully saturated rings. The highest BCUT2D eigenvalue weighted by molar-refractivity contribution is 5.97. The molecule has 1 aromatic carbocycles. The average molecular weight is 364 g/mol. The van der Waals surface area contributed by atoms with Crippen molar-refractivity contribution in [2.24, 2.45) is 0 Å². The highest BCUT2D eigenvalue weighted by Gasteiger charge is 2.24. The first-order chi connectivity index (χ1) is 12.5. The molecule has 1 aromatic heterocycles. The van der Waals surface area contributed by atoms with E-state index in [1.54, 1.807) is 4.90 Å². The summed E-state index contributed by atoms with van der Waals surface area (Å²) < 4.78 is 33.0. The molecule has 2 aromatic rings. The predicted molar refractivity (Wildman–Crippen MR) is 94.3 cm³/mol. The van der Waals surface area contributed by atoms with Crippen LogP contribution in [0.3, 0.4) is 0 Å². The van der Waals surface area contributed by atoms with Crippen LogP contribution in [0, 0.1) is 11.6 Å². The van der Waals surface area contributed by atoms with E-state index >= 15 is 0 Å². The minimum atomic E-state index is -0.859. The van der Waals surface area contributed by atoms with Crippen LogP contribution in [0.5, 0.6) is 0 Å². The van der Waals surface area contributed by atoms with Gasteiger partial charge in [0.05, 0.1) is 17.0 Å². The van der Waals surface area contributed by atoms with Crippen molar-refractivity contribution >= 4 is 16.8 Å². The van der Waals surface area contributed by atoms with E-state index in [0.717, 1.165) is 25.3 Å². The second kappa shape index (κ2) is 7.95. The van der Waals surface area contributed by atoms with Crippen molar-refractivity contribution in [1.29, 1.82) is 0 Å². The number of rotatable bonds is 4. The standard InChI is InChI=1S/C19H22F2N2O3/c1-2-8-26-13-4-3-6-23(7-5-13)19(25)15-11-22-17-14(18(15)24)9-12(20)10-16(17)21/h9-11,13H,2-8H2,1H3,(H,22,24). The molecule has 1 amide bonds. The van der Waals surface area contributed by atoms with Gasteiger partial charge < -0.3 is 14.6 Å². The van der Waals surface area contributed by atoms with Crippen LogP contribution in [-0.4, -0.2) is 41.6 Å². The lowest BCUT2D eigenvalue weighted by Gasteiger charge is -2.20. The smallest absolute Gasteiger partial charge is 0.259 e. The number of hydrogen-bond acceptors (Lipinski definition) is 3. The number of halogens is 2. The minimum absolute atomic E-state index is 0.100. The van der Waals surface area contributed by atoms with E-state index in [2.05, 4.69) is 4.98 Å². The maximum Gasteiger partial charge on any atom is 0.259 e. The number of nitrogens with one attached hydrogen (secondary N) is 1. The SMILES string of the molecule is CCCOC1CCCN(C(=O)c2c[nH]c3c(F)cc(F)cc3c2=O)CC1. The zero-order valence-electron chi connectivity index (χ0n) is 14.7. The third-order valence-corrected chi connectivity index (χ3v) is 4.66. The van der Waals surface area contributed by atoms with E-state index in [-0.39, 0.29) is 22.6 Å². The molecule has 7 heteroatoms. The molecule has 0 radical (unpaired) electrons. The molecule has 0 saturated carbocycles. The third kappa shape index (κ3) is 3.77. The van der Waals surface area contributed by atoms with Gasteiger partial charge >= 0.3 is 0 Å². The van der Waals surface area contributed by atoms with Crippen LogP contribution in [0.1, 0.15) is 43.0 Å². The first kappa shape index (κ1) is 18.5. The van der Waals surface area contributed by atoms with E-state index in [1.165, 1.54) is 6.20 Å². The van der Waals surface area contributed by atoms with Crippen LogP contribution in [0.15, 0.2) is 23.1 Å². The van der Waals surface area contributed by atoms with E-state index in [1.807, 2.05) is 6.92 Å². The van der Waals surface area contributed by atoms with Crippen LogP contribution in [0.2, 0.25) is 0 Å². The lowest BCUT2D eigenvalue weighted by molar-refractivity contribution is 0.0432. The van der Waals surface area contributed by atoms with Gasteiger partial charge in [-0.05, 0) is 31.7 Å². The van der Waals surface area contributed by atoms with Crippen molar-refractivity contribution in [2.75, 3.05) is 19.7 Å². The zero-order valence-corrected chi connectivity index (χ0v) is 14.7. The first-order valence-electron chi connectivity index (χ1n) is 8.92. The summed E-state index contributed by atoms with van der Waals surface area (Å²) >= 11 is 0. The first-order valence-corrected chi connectivity index (χ1v) is 8.92. The number of fused-ring (bicyclic) bond motifs is 1. The summed E-state index contributed by atoms with van der Waals surface area (Å²) in [6.07, 6.45) is 4.64. The molecular formula is C19H22F2N2O3. The number of carbonyl (C=O) groups excluding carboxylic acids is 1. The van der Waals surface area contributed by atoms with Gasteiger partial charge in [0.1, 0.15) is 17.2 Å². The Labute approximate surface area is 150 Å². The maximum atomic E-state index is 13.8. The summed E-state index contributed by atoms with van der Waals surface area (Å²) in [7, 11) is 0. The molecule has 140 valence electrons. The molecule has 0 spiro atoms. The number of ether oxygens (including phenoxy) is 1. The van der Waals surface area contributed by atoms with Gasteiger partial charge in [-0.1, -0.05) is 6.92 Å². The van der Waals surface area contributed by atoms with E-state index in [9.17, 15) is 18.4 Å². The van der Waals surface area contributed by atoms with Gasteiger partial charge in [0, 0.05) is 32.0 Å². The Kier molecular flexibility index (Phi) is 5.66. The van der Waals surface area contributed by atoms with Crippen LogP contribution < -0.4 is 5.43 Å². The summed E-state index contributed by atoms with van der Waals surface area (Å²) in [6.45, 7) is 3.76. The van der Waals surface area contributed by atoms with Crippen molar-refractivity contribution in [2.45, 2.75) is 38.7 Å². The van der Waals surface area contributed by atoms with E-state index in [0.29, 0.717) is 32.2 Å². The molecule has 2 heterocycles. The van der Waals surface area contributed by atoms with Crippen LogP contribution >= 0.6 is 0 Å². The lowest BCUT2D eigenvalue weighted by atomic mass is 10.1. The second-order valence-electron chi connectivity index (χ2n) is 6.56. The Morgan fingerprint density at radius 3 is 2.88 bits per heavy atom. The summed E-state index contributed by atoms with van der Waals surface area (Å²) in [5.41, 5.74) is -0.863. The predicted octanol–water partition coefficient (Wildman–Crippen LogP) is 3.23. The number of pyridine rings is 1. The monoisotopic (exact) mass is 364 g/mol. The number of nitrogens with zero attached hydrogens (tertiary/aromatic N) is 1. The molecule has 3 rings (SSSR count). The van der Waals surface area contributed by atoms with Crippen molar-refractivity contribution in [3.05, 3.63) is 45.8 Å². The van der Waals surface area contributed by atoms with Gasteiger partial charge in [-0.15, -0.1) is 0 Å². The molecule has 1 atom stereocenters. The van der Waals surface area contributed by atoms with E-state index < -0.39 is 23.0 Å². The number of amides is 1. The number of aromatic amines is 1. The number of H-pyrrole nitrogens is 1. The number of aromatic nitrogens is 1. The number of likely N-dealkylation sites (tertiary alicyclic amines) is 1. The summed E-state index contributed by atoms with van der Waals surface area (Å²) in [5, 5.41) is -0.160. The van der Waals surface area contributed by atoms with Gasteiger partial charge in [0.15, 0.2) is 0 Å². The third-order valence-electron chi connectivity index (χ3n) is 4.66. The number of benzene rings is 1. The highest BCUT2D eigenvalue weighted by atomic mass is 19.1. The Morgan fingerprint density at radius 2 is 2.12 bits per heavy atom.